The molecule has 0 saturated carbocycles. The fraction of sp³-hybridized carbons (Fsp3) is 0.519. The number of ether oxygens (including phenoxy) is 3. The Morgan fingerprint density at radius 1 is 0.915 bits per heavy atom. The van der Waals surface area contributed by atoms with Crippen LogP contribution < -0.4 is 20.4 Å². The summed E-state index contributed by atoms with van der Waals surface area (Å²) in [4.78, 5) is 77.6. The summed E-state index contributed by atoms with van der Waals surface area (Å²) in [6, 6.07) is 3.29. The molecule has 9 atom stereocenters. The van der Waals surface area contributed by atoms with Crippen LogP contribution in [0.15, 0.2) is 57.5 Å². The number of aliphatic hydroxyl groups excluding tert-OH is 1. The first-order valence-electron chi connectivity index (χ1n) is 24.6. The zero-order chi connectivity index (χ0) is 52.0. The summed E-state index contributed by atoms with van der Waals surface area (Å²) in [6.07, 6.45) is 5.27. The Morgan fingerprint density at radius 3 is 2.27 bits per heavy atom. The van der Waals surface area contributed by atoms with E-state index in [0.717, 1.165) is 19.6 Å². The molecular formula is C54H68N4O13. The van der Waals surface area contributed by atoms with Gasteiger partial charge < -0.3 is 49.3 Å². The van der Waals surface area contributed by atoms with E-state index in [2.05, 4.69) is 29.0 Å². The Bertz CT molecular complexity index is 2860. The number of ketones is 1. The number of piperazine rings is 1. The second-order valence-electron chi connectivity index (χ2n) is 20.5. The number of anilines is 2. The predicted molar refractivity (Wildman–Crippen MR) is 269 cm³/mol. The first kappa shape index (κ1) is 52.4. The molecule has 17 nitrogen and oxygen atoms in total. The number of rotatable bonds is 7. The SMILES string of the molecule is C/C1=C/C=C/[C@H](C)[C@H](OC(=O)CCC(=O)O)[C@@H](C)[C@@H](O)[C@@H](C)[C@H](C)[C@H](C)[C@@H](C)/C=C/O[C@@]2(C)Oc3c(C)c(O)c4c(=O)c(c5oc6cc(N7CCN(CC(C)C)CC7)cc(O)c6nc-5c4c3C2=O)NC1=O. The number of allylic oxidation sites excluding steroid dienone is 3. The number of Topliss-reactive ketones (excluding diaryl/α,β-unsaturated/α-hetero) is 1. The van der Waals surface area contributed by atoms with Crippen molar-refractivity contribution in [2.24, 2.45) is 41.4 Å². The molecule has 1 aliphatic carbocycles. The summed E-state index contributed by atoms with van der Waals surface area (Å²) < 4.78 is 24.9. The van der Waals surface area contributed by atoms with Crippen LogP contribution in [-0.2, 0) is 23.9 Å². The van der Waals surface area contributed by atoms with Crippen LogP contribution >= 0.6 is 0 Å². The third-order valence-corrected chi connectivity index (χ3v) is 15.0. The fourth-order valence-corrected chi connectivity index (χ4v) is 10.1. The molecule has 0 spiro atoms. The molecule has 5 bridgehead atoms. The van der Waals surface area contributed by atoms with E-state index in [1.165, 1.54) is 33.1 Å². The van der Waals surface area contributed by atoms with Crippen LogP contribution in [-0.4, -0.2) is 105 Å². The van der Waals surface area contributed by atoms with Gasteiger partial charge in [-0.1, -0.05) is 73.6 Å². The van der Waals surface area contributed by atoms with Crippen LogP contribution in [0.4, 0.5) is 11.4 Å². The number of amides is 1. The number of hydrogen-bond donors (Lipinski definition) is 5. The zero-order valence-electron chi connectivity index (χ0n) is 42.5. The molecule has 6 aliphatic rings. The van der Waals surface area contributed by atoms with Crippen molar-refractivity contribution < 1.29 is 58.2 Å². The number of phenolic OH excluding ortho intramolecular Hbond substituents is 2. The summed E-state index contributed by atoms with van der Waals surface area (Å²) in [6.45, 7) is 24.2. The molecular weight excluding hydrogens is 913 g/mol. The molecule has 5 N–H and O–H groups in total. The van der Waals surface area contributed by atoms with Crippen LogP contribution in [0, 0.1) is 48.3 Å². The smallest absolute Gasteiger partial charge is 0.312 e. The molecule has 0 radical (unpaired) electrons. The van der Waals surface area contributed by atoms with Gasteiger partial charge in [-0.3, -0.25) is 28.9 Å². The number of fused-ring (bicyclic) bond motifs is 14. The minimum atomic E-state index is -1.99. The molecule has 1 fully saturated rings. The van der Waals surface area contributed by atoms with Gasteiger partial charge in [0.05, 0.1) is 36.2 Å². The number of benzene rings is 3. The lowest BCUT2D eigenvalue weighted by Gasteiger charge is -2.38. The number of carboxylic acid groups (broad SMARTS) is 1. The average molecular weight is 981 g/mol. The van der Waals surface area contributed by atoms with Crippen LogP contribution in [0.1, 0.15) is 98.0 Å². The van der Waals surface area contributed by atoms with Gasteiger partial charge in [0.2, 0.25) is 5.43 Å². The average Bonchev–Trinajstić information content (AvgIpc) is 3.59. The maximum atomic E-state index is 15.0. The van der Waals surface area contributed by atoms with Crippen molar-refractivity contribution in [1.29, 1.82) is 0 Å². The minimum absolute atomic E-state index is 0.00176. The predicted octanol–water partition coefficient (Wildman–Crippen LogP) is 8.17. The van der Waals surface area contributed by atoms with E-state index in [1.54, 1.807) is 44.2 Å². The minimum Gasteiger partial charge on any atom is -0.507 e. The first-order valence-corrected chi connectivity index (χ1v) is 24.6. The lowest BCUT2D eigenvalue weighted by atomic mass is 9.72. The molecule has 0 unspecified atom stereocenters. The molecule has 2 aromatic rings. The van der Waals surface area contributed by atoms with E-state index in [1.807, 2.05) is 27.7 Å². The highest BCUT2D eigenvalue weighted by Crippen LogP contribution is 2.51. The van der Waals surface area contributed by atoms with Gasteiger partial charge in [-0.2, -0.15) is 0 Å². The number of carboxylic acids is 1. The number of nitrogens with zero attached hydrogens (tertiary/aromatic N) is 3. The Hall–Kier alpha value is -6.46. The number of esters is 1. The lowest BCUT2D eigenvalue weighted by molar-refractivity contribution is -0.159. The standard InChI is InChI=1S/C54H68N4O13/c1-26(2)25-57-18-20-58(21-19-57)35-23-36(59)43-37(24-35)69-51-44(55-43)40-41-47(64)34(10)50-42(40)52(66)54(11,71-50)68-22-17-27(3)30(6)31(7)32(8)46(63)33(9)49(70-39(62)16-15-38(60)61)28(4)13-12-14-29(5)53(67)56-45(51)48(41)65/h12-14,17,22-24,26-28,30-33,46,49,59,63-64H,15-16,18-21,25H2,1-11H3,(H,56,67)(H,60,61)/b13-12+,22-17+,29-14-/t27-,28-,30+,31+,32-,33-,46-,49-,54-/m0/s1. The highest BCUT2D eigenvalue weighted by molar-refractivity contribution is 6.22. The van der Waals surface area contributed by atoms with Crippen molar-refractivity contribution in [2.75, 3.05) is 42.9 Å². The van der Waals surface area contributed by atoms with Crippen molar-refractivity contribution in [3.05, 3.63) is 69.6 Å². The number of aromatic hydroxyl groups is 2. The van der Waals surface area contributed by atoms with Crippen molar-refractivity contribution in [1.82, 2.24) is 9.88 Å². The van der Waals surface area contributed by atoms with Gasteiger partial charge in [-0.05, 0) is 49.5 Å². The summed E-state index contributed by atoms with van der Waals surface area (Å²) in [5.74, 6) is -7.66. The number of nitrogens with one attached hydrogen (secondary N) is 1. The van der Waals surface area contributed by atoms with Gasteiger partial charge in [0.25, 0.3) is 11.7 Å². The molecule has 5 heterocycles. The van der Waals surface area contributed by atoms with E-state index in [9.17, 15) is 44.4 Å². The van der Waals surface area contributed by atoms with Gasteiger partial charge in [-0.25, -0.2) is 4.98 Å². The molecule has 1 saturated heterocycles. The zero-order valence-corrected chi connectivity index (χ0v) is 42.5. The van der Waals surface area contributed by atoms with Gasteiger partial charge in [0, 0.05) is 85.8 Å². The third-order valence-electron chi connectivity index (χ3n) is 15.0. The highest BCUT2D eigenvalue weighted by Gasteiger charge is 2.50. The van der Waals surface area contributed by atoms with Gasteiger partial charge in [-0.15, -0.1) is 0 Å². The number of carbonyl (C=O) groups is 4. The molecule has 1 amide bonds. The Morgan fingerprint density at radius 2 is 1.61 bits per heavy atom. The van der Waals surface area contributed by atoms with E-state index in [0.29, 0.717) is 24.7 Å². The monoisotopic (exact) mass is 980 g/mol. The molecule has 382 valence electrons. The number of aliphatic carboxylic acids is 1. The van der Waals surface area contributed by atoms with Crippen molar-refractivity contribution in [3.63, 3.8) is 0 Å². The van der Waals surface area contributed by atoms with Crippen LogP contribution in [0.2, 0.25) is 0 Å². The van der Waals surface area contributed by atoms with Gasteiger partial charge >= 0.3 is 17.7 Å². The molecule has 5 aliphatic heterocycles. The van der Waals surface area contributed by atoms with Crippen molar-refractivity contribution in [2.45, 2.75) is 107 Å². The normalized spacial score (nSPS) is 28.7. The summed E-state index contributed by atoms with van der Waals surface area (Å²) in [5, 5.41) is 46.9. The Labute approximate surface area is 413 Å². The van der Waals surface area contributed by atoms with Crippen LogP contribution in [0.5, 0.6) is 17.2 Å². The topological polar surface area (TPSA) is 239 Å². The van der Waals surface area contributed by atoms with Gasteiger partial charge in [0.15, 0.2) is 11.3 Å². The van der Waals surface area contributed by atoms with Crippen LogP contribution in [0.3, 0.4) is 0 Å². The Kier molecular flexibility index (Phi) is 15.3. The van der Waals surface area contributed by atoms with Crippen molar-refractivity contribution in [3.8, 4) is 28.7 Å². The number of aromatic nitrogens is 1. The van der Waals surface area contributed by atoms with Gasteiger partial charge in [0.1, 0.15) is 40.3 Å². The number of phenols is 2. The second-order valence-corrected chi connectivity index (χ2v) is 20.5. The quantitative estimate of drug-likeness (QED) is 0.0667. The number of aliphatic hydroxyl groups is 1. The fourth-order valence-electron chi connectivity index (χ4n) is 10.1. The van der Waals surface area contributed by atoms with Crippen LogP contribution in [0.25, 0.3) is 33.3 Å². The highest BCUT2D eigenvalue weighted by atomic mass is 16.7. The molecule has 71 heavy (non-hydrogen) atoms. The summed E-state index contributed by atoms with van der Waals surface area (Å²) in [7, 11) is 0. The second kappa shape index (κ2) is 20.7. The number of carbonyl (C=O) groups excluding carboxylic acids is 3. The molecule has 17 heteroatoms. The maximum Gasteiger partial charge on any atom is 0.312 e. The van der Waals surface area contributed by atoms with E-state index in [-0.39, 0.29) is 97.3 Å². The van der Waals surface area contributed by atoms with Crippen molar-refractivity contribution >= 4 is 56.9 Å². The number of hydrogen-bond acceptors (Lipinski definition) is 15. The molecule has 8 rings (SSSR count). The summed E-state index contributed by atoms with van der Waals surface area (Å²) >= 11 is 0. The van der Waals surface area contributed by atoms with E-state index in [4.69, 9.17) is 23.6 Å². The third kappa shape index (κ3) is 10.3. The maximum absolute atomic E-state index is 15.0. The van der Waals surface area contributed by atoms with E-state index < -0.39 is 71.1 Å². The molecule has 2 aromatic carbocycles. The largest absolute Gasteiger partial charge is 0.507 e. The molecule has 0 aromatic heterocycles. The van der Waals surface area contributed by atoms with E-state index >= 15 is 0 Å². The Balaban J connectivity index is 1.40. The first-order chi connectivity index (χ1) is 33.4. The lowest BCUT2D eigenvalue weighted by Crippen LogP contribution is -2.47. The summed E-state index contributed by atoms with van der Waals surface area (Å²) in [5.41, 5.74) is -0.569.